The highest BCUT2D eigenvalue weighted by molar-refractivity contribution is 7.80. The fraction of sp³-hybridized carbons (Fsp3) is 0.357. The molecule has 2 saturated heterocycles. The smallest absolute Gasteiger partial charge is 0.243 e. The first-order valence-electron chi connectivity index (χ1n) is 13.3. The third kappa shape index (κ3) is 5.09. The molecule has 208 valence electrons. The summed E-state index contributed by atoms with van der Waals surface area (Å²) >= 11 is 4.79. The van der Waals surface area contributed by atoms with Gasteiger partial charge in [-0.05, 0) is 47.4 Å². The lowest BCUT2D eigenvalue weighted by atomic mass is 10.0. The second-order valence-electron chi connectivity index (χ2n) is 10.5. The molecular formula is C28H30FN7O3S. The van der Waals surface area contributed by atoms with Gasteiger partial charge >= 0.3 is 0 Å². The van der Waals surface area contributed by atoms with Crippen molar-refractivity contribution in [3.63, 3.8) is 0 Å². The summed E-state index contributed by atoms with van der Waals surface area (Å²) in [5, 5.41) is 20.6. The molecule has 6 rings (SSSR count). The van der Waals surface area contributed by atoms with E-state index in [9.17, 15) is 19.1 Å². The van der Waals surface area contributed by atoms with Crippen LogP contribution in [-0.2, 0) is 22.7 Å². The van der Waals surface area contributed by atoms with Gasteiger partial charge in [-0.1, -0.05) is 18.2 Å². The number of nitrogens with one attached hydrogen (secondary N) is 1. The number of rotatable bonds is 5. The molecule has 4 N–H and O–H groups in total. The maximum absolute atomic E-state index is 13.8. The van der Waals surface area contributed by atoms with E-state index in [2.05, 4.69) is 48.4 Å². The fourth-order valence-electron chi connectivity index (χ4n) is 5.78. The van der Waals surface area contributed by atoms with Crippen LogP contribution in [0, 0.1) is 5.82 Å². The van der Waals surface area contributed by atoms with E-state index in [1.807, 2.05) is 0 Å². The molecule has 3 aliphatic rings. The summed E-state index contributed by atoms with van der Waals surface area (Å²) in [6.07, 6.45) is 0.853. The van der Waals surface area contributed by atoms with Gasteiger partial charge in [-0.15, -0.1) is 10.2 Å². The van der Waals surface area contributed by atoms with Crippen molar-refractivity contribution in [2.24, 2.45) is 0 Å². The van der Waals surface area contributed by atoms with Gasteiger partial charge in [-0.25, -0.2) is 4.39 Å². The average Bonchev–Trinajstić information content (AvgIpc) is 3.26. The second kappa shape index (κ2) is 10.7. The lowest BCUT2D eigenvalue weighted by molar-refractivity contribution is -0.137. The fourth-order valence-corrected chi connectivity index (χ4v) is 6.28. The number of anilines is 2. The number of thiol groups is 1. The molecule has 12 heteroatoms. The number of aromatic hydroxyl groups is 1. The van der Waals surface area contributed by atoms with Gasteiger partial charge in [0.05, 0.1) is 22.8 Å². The number of amides is 2. The van der Waals surface area contributed by atoms with E-state index in [-0.39, 0.29) is 40.4 Å². The van der Waals surface area contributed by atoms with Crippen molar-refractivity contribution >= 4 is 35.9 Å². The van der Waals surface area contributed by atoms with Crippen molar-refractivity contribution in [2.75, 3.05) is 36.8 Å². The lowest BCUT2D eigenvalue weighted by Gasteiger charge is -2.36. The highest BCUT2D eigenvalue weighted by atomic mass is 32.1. The number of nitrogen functional groups attached to an aromatic ring is 1. The number of phenolic OH excluding ortho intramolecular Hbond substituents is 1. The molecule has 0 bridgehead atoms. The van der Waals surface area contributed by atoms with Gasteiger partial charge < -0.3 is 15.7 Å². The van der Waals surface area contributed by atoms with Crippen LogP contribution >= 0.6 is 12.6 Å². The second-order valence-corrected chi connectivity index (χ2v) is 11.0. The summed E-state index contributed by atoms with van der Waals surface area (Å²) in [7, 11) is 0. The Bertz CT molecular complexity index is 1480. The molecule has 0 saturated carbocycles. The highest BCUT2D eigenvalue weighted by Crippen LogP contribution is 2.40. The molecule has 0 spiro atoms. The third-order valence-corrected chi connectivity index (χ3v) is 8.49. The van der Waals surface area contributed by atoms with E-state index in [1.54, 1.807) is 6.07 Å². The zero-order chi connectivity index (χ0) is 28.0. The minimum absolute atomic E-state index is 0.0740. The molecule has 10 nitrogen and oxygen atoms in total. The van der Waals surface area contributed by atoms with Crippen LogP contribution in [0.5, 0.6) is 5.75 Å². The van der Waals surface area contributed by atoms with Crippen LogP contribution in [0.1, 0.15) is 34.9 Å². The van der Waals surface area contributed by atoms with E-state index in [0.29, 0.717) is 30.8 Å². The maximum Gasteiger partial charge on any atom is 0.243 e. The first-order chi connectivity index (χ1) is 19.3. The molecule has 2 fully saturated rings. The predicted octanol–water partition coefficient (Wildman–Crippen LogP) is 2.44. The summed E-state index contributed by atoms with van der Waals surface area (Å²) in [5.74, 6) is -0.721. The Morgan fingerprint density at radius 1 is 1.07 bits per heavy atom. The summed E-state index contributed by atoms with van der Waals surface area (Å²) in [6.45, 7) is 4.45. The van der Waals surface area contributed by atoms with Crippen LogP contribution in [-0.4, -0.2) is 69.1 Å². The molecule has 1 aromatic heterocycles. The molecule has 3 aromatic rings. The number of imide groups is 1. The number of carbonyl (C=O) groups is 2. The van der Waals surface area contributed by atoms with Gasteiger partial charge in [-0.2, -0.15) is 12.6 Å². The van der Waals surface area contributed by atoms with Crippen molar-refractivity contribution < 1.29 is 19.1 Å². The molecule has 0 aliphatic carbocycles. The number of carbonyl (C=O) groups excluding carboxylic acids is 2. The monoisotopic (exact) mass is 563 g/mol. The van der Waals surface area contributed by atoms with Crippen molar-refractivity contribution in [2.45, 2.75) is 37.3 Å². The highest BCUT2D eigenvalue weighted by Gasteiger charge is 2.39. The van der Waals surface area contributed by atoms with Gasteiger partial charge in [0.15, 0.2) is 5.82 Å². The van der Waals surface area contributed by atoms with Crippen LogP contribution in [0.3, 0.4) is 0 Å². The van der Waals surface area contributed by atoms with Crippen molar-refractivity contribution in [3.8, 4) is 17.0 Å². The summed E-state index contributed by atoms with van der Waals surface area (Å²) in [6, 6.07) is 11.5. The predicted molar refractivity (Wildman–Crippen MR) is 151 cm³/mol. The van der Waals surface area contributed by atoms with Crippen molar-refractivity contribution in [1.29, 1.82) is 0 Å². The number of nitrogens with two attached hydrogens (primary N) is 1. The molecule has 2 atom stereocenters. The number of hydrogen-bond donors (Lipinski definition) is 4. The Morgan fingerprint density at radius 2 is 1.88 bits per heavy atom. The standard InChI is InChI=1S/C28H30FN7O3S/c29-18-2-5-24(37)20(12-18)21-13-23(26(30)33-32-21)35-9-7-34(8-10-35)14-16-1-3-19-17(11-16)15-36(28(19)40)22-4-6-25(38)31-27(22)39/h1-3,5,11-13,22,28,37,40H,4,6-10,14-15H2,(H2,30,33)(H,31,38,39). The summed E-state index contributed by atoms with van der Waals surface area (Å²) < 4.78 is 13.8. The third-order valence-electron chi connectivity index (χ3n) is 7.92. The number of hydrogen-bond acceptors (Lipinski definition) is 10. The van der Waals surface area contributed by atoms with Crippen LogP contribution in [0.15, 0.2) is 42.5 Å². The number of benzene rings is 2. The van der Waals surface area contributed by atoms with Crippen LogP contribution in [0.25, 0.3) is 11.3 Å². The number of fused-ring (bicyclic) bond motifs is 1. The van der Waals surface area contributed by atoms with E-state index in [1.165, 1.54) is 23.8 Å². The number of aromatic nitrogens is 2. The maximum atomic E-state index is 13.8. The SMILES string of the molecule is Nc1nnc(-c2cc(F)ccc2O)cc1N1CCN(Cc2ccc3c(c2)CN(C2CCC(=O)NC2=O)C3S)CC1. The Kier molecular flexibility index (Phi) is 7.07. The topological polar surface area (TPSA) is 128 Å². The Labute approximate surface area is 236 Å². The molecule has 4 heterocycles. The Balaban J connectivity index is 1.10. The number of phenols is 1. The number of halogens is 1. The van der Waals surface area contributed by atoms with Gasteiger partial charge in [0.25, 0.3) is 0 Å². The average molecular weight is 564 g/mol. The molecule has 2 amide bonds. The minimum Gasteiger partial charge on any atom is -0.507 e. The molecule has 2 aromatic carbocycles. The van der Waals surface area contributed by atoms with Crippen molar-refractivity contribution in [1.82, 2.24) is 25.3 Å². The molecular weight excluding hydrogens is 533 g/mol. The normalized spacial score (nSPS) is 21.9. The molecule has 3 aliphatic heterocycles. The molecule has 40 heavy (non-hydrogen) atoms. The molecule has 2 unspecified atom stereocenters. The molecule has 0 radical (unpaired) electrons. The summed E-state index contributed by atoms with van der Waals surface area (Å²) in [4.78, 5) is 30.6. The van der Waals surface area contributed by atoms with E-state index in [4.69, 9.17) is 18.4 Å². The zero-order valence-electron chi connectivity index (χ0n) is 21.8. The van der Waals surface area contributed by atoms with Crippen molar-refractivity contribution in [3.05, 3.63) is 65.0 Å². The van der Waals surface area contributed by atoms with Gasteiger partial charge in [-0.3, -0.25) is 24.7 Å². The minimum atomic E-state index is -0.471. The number of piperidine rings is 1. The van der Waals surface area contributed by atoms with E-state index < -0.39 is 5.82 Å². The van der Waals surface area contributed by atoms with Gasteiger partial charge in [0, 0.05) is 51.3 Å². The zero-order valence-corrected chi connectivity index (χ0v) is 22.6. The Hall–Kier alpha value is -3.74. The lowest BCUT2D eigenvalue weighted by Crippen LogP contribution is -2.51. The summed E-state index contributed by atoms with van der Waals surface area (Å²) in [5.41, 5.74) is 10.9. The van der Waals surface area contributed by atoms with Crippen LogP contribution in [0.2, 0.25) is 0 Å². The largest absolute Gasteiger partial charge is 0.507 e. The Morgan fingerprint density at radius 3 is 2.65 bits per heavy atom. The van der Waals surface area contributed by atoms with Crippen LogP contribution < -0.4 is 16.0 Å². The van der Waals surface area contributed by atoms with Crippen LogP contribution in [0.4, 0.5) is 15.9 Å². The number of nitrogens with zero attached hydrogens (tertiary/aromatic N) is 5. The first kappa shape index (κ1) is 26.5. The van der Waals surface area contributed by atoms with Gasteiger partial charge in [0.2, 0.25) is 11.8 Å². The quantitative estimate of drug-likeness (QED) is 0.273. The van der Waals surface area contributed by atoms with E-state index in [0.717, 1.165) is 43.9 Å². The first-order valence-corrected chi connectivity index (χ1v) is 13.8. The van der Waals surface area contributed by atoms with E-state index >= 15 is 0 Å². The number of piperazine rings is 1. The van der Waals surface area contributed by atoms with Gasteiger partial charge in [0.1, 0.15) is 11.6 Å².